The first-order chi connectivity index (χ1) is 8.11. The van der Waals surface area contributed by atoms with Crippen LogP contribution < -0.4 is 5.32 Å². The lowest BCUT2D eigenvalue weighted by Gasteiger charge is -2.23. The highest BCUT2D eigenvalue weighted by Crippen LogP contribution is 2.18. The van der Waals surface area contributed by atoms with Gasteiger partial charge in [-0.1, -0.05) is 13.8 Å². The fourth-order valence-corrected chi connectivity index (χ4v) is 2.50. The third-order valence-corrected chi connectivity index (χ3v) is 3.61. The average Bonchev–Trinajstić information content (AvgIpc) is 2.76. The Bertz CT molecular complexity index is 446. The van der Waals surface area contributed by atoms with Crippen LogP contribution in [0.15, 0.2) is 17.8 Å². The molecule has 17 heavy (non-hydrogen) atoms. The van der Waals surface area contributed by atoms with Crippen molar-refractivity contribution in [2.75, 3.05) is 13.2 Å². The lowest BCUT2D eigenvalue weighted by atomic mass is 9.90. The predicted octanol–water partition coefficient (Wildman–Crippen LogP) is 1.89. The van der Waals surface area contributed by atoms with E-state index in [1.807, 2.05) is 16.0 Å². The number of hydrogen-bond donors (Lipinski definition) is 2. The first kappa shape index (κ1) is 12.5. The van der Waals surface area contributed by atoms with Gasteiger partial charge in [0.25, 0.3) is 0 Å². The number of nitrogens with zero attached hydrogens (tertiary/aromatic N) is 2. The van der Waals surface area contributed by atoms with Gasteiger partial charge in [-0.3, -0.25) is 4.40 Å². The SMILES string of the molecule is CC(C)(CCO)CNCc1cn2ccsc2n1. The molecule has 0 saturated heterocycles. The lowest BCUT2D eigenvalue weighted by Crippen LogP contribution is -2.29. The van der Waals surface area contributed by atoms with Gasteiger partial charge in [0.1, 0.15) is 0 Å². The zero-order chi connectivity index (χ0) is 12.3. The molecule has 0 atom stereocenters. The zero-order valence-corrected chi connectivity index (χ0v) is 11.1. The van der Waals surface area contributed by atoms with Gasteiger partial charge in [-0.15, -0.1) is 11.3 Å². The summed E-state index contributed by atoms with van der Waals surface area (Å²) in [6, 6.07) is 0. The number of aliphatic hydroxyl groups excluding tert-OH is 1. The second kappa shape index (κ2) is 5.16. The van der Waals surface area contributed by atoms with E-state index in [-0.39, 0.29) is 12.0 Å². The van der Waals surface area contributed by atoms with Gasteiger partial charge in [0, 0.05) is 37.5 Å². The van der Waals surface area contributed by atoms with Crippen LogP contribution in [-0.4, -0.2) is 27.6 Å². The van der Waals surface area contributed by atoms with Crippen molar-refractivity contribution in [3.8, 4) is 0 Å². The van der Waals surface area contributed by atoms with Crippen LogP contribution in [0.4, 0.5) is 0 Å². The van der Waals surface area contributed by atoms with E-state index >= 15 is 0 Å². The molecule has 0 amide bonds. The fraction of sp³-hybridized carbons (Fsp3) is 0.583. The molecule has 0 aliphatic carbocycles. The zero-order valence-electron chi connectivity index (χ0n) is 10.3. The Labute approximate surface area is 105 Å². The number of fused-ring (bicyclic) bond motifs is 1. The minimum Gasteiger partial charge on any atom is -0.396 e. The lowest BCUT2D eigenvalue weighted by molar-refractivity contribution is 0.207. The fourth-order valence-electron chi connectivity index (χ4n) is 1.78. The van der Waals surface area contributed by atoms with Gasteiger partial charge in [0.05, 0.1) is 5.69 Å². The number of aliphatic hydroxyl groups is 1. The molecule has 94 valence electrons. The Balaban J connectivity index is 1.84. The molecule has 0 saturated carbocycles. The van der Waals surface area contributed by atoms with Crippen LogP contribution in [0.2, 0.25) is 0 Å². The Hall–Kier alpha value is -0.910. The third-order valence-electron chi connectivity index (χ3n) is 2.84. The molecule has 0 aliphatic heterocycles. The number of imidazole rings is 1. The standard InChI is InChI=1S/C12H19N3OS/c1-12(2,3-5-16)9-13-7-10-8-15-4-6-17-11(15)14-10/h4,6,8,13,16H,3,5,7,9H2,1-2H3. The maximum absolute atomic E-state index is 8.94. The minimum absolute atomic E-state index is 0.131. The monoisotopic (exact) mass is 253 g/mol. The second-order valence-electron chi connectivity index (χ2n) is 5.07. The van der Waals surface area contributed by atoms with Gasteiger partial charge in [0.2, 0.25) is 0 Å². The number of aromatic nitrogens is 2. The van der Waals surface area contributed by atoms with E-state index in [2.05, 4.69) is 30.3 Å². The minimum atomic E-state index is 0.131. The molecule has 0 spiro atoms. The van der Waals surface area contributed by atoms with E-state index in [1.165, 1.54) is 0 Å². The number of rotatable bonds is 6. The molecular formula is C12H19N3OS. The van der Waals surface area contributed by atoms with Gasteiger partial charge in [-0.2, -0.15) is 0 Å². The molecule has 0 unspecified atom stereocenters. The smallest absolute Gasteiger partial charge is 0.193 e. The molecule has 0 radical (unpaired) electrons. The summed E-state index contributed by atoms with van der Waals surface area (Å²) >= 11 is 1.65. The van der Waals surface area contributed by atoms with Crippen molar-refractivity contribution in [3.63, 3.8) is 0 Å². The Morgan fingerprint density at radius 3 is 3.06 bits per heavy atom. The highest BCUT2D eigenvalue weighted by Gasteiger charge is 2.16. The third kappa shape index (κ3) is 3.28. The van der Waals surface area contributed by atoms with Crippen molar-refractivity contribution in [2.24, 2.45) is 5.41 Å². The van der Waals surface area contributed by atoms with Crippen LogP contribution in [-0.2, 0) is 6.54 Å². The van der Waals surface area contributed by atoms with Crippen molar-refractivity contribution >= 4 is 16.3 Å². The predicted molar refractivity (Wildman–Crippen MR) is 70.3 cm³/mol. The highest BCUT2D eigenvalue weighted by molar-refractivity contribution is 7.15. The quantitative estimate of drug-likeness (QED) is 0.826. The van der Waals surface area contributed by atoms with Crippen LogP contribution in [0, 0.1) is 5.41 Å². The topological polar surface area (TPSA) is 49.6 Å². The maximum atomic E-state index is 8.94. The van der Waals surface area contributed by atoms with E-state index in [9.17, 15) is 0 Å². The molecule has 0 aliphatic rings. The molecule has 4 nitrogen and oxygen atoms in total. The van der Waals surface area contributed by atoms with Gasteiger partial charge in [-0.25, -0.2) is 4.98 Å². The molecule has 2 heterocycles. The van der Waals surface area contributed by atoms with E-state index in [1.54, 1.807) is 11.3 Å². The van der Waals surface area contributed by atoms with Crippen molar-refractivity contribution in [3.05, 3.63) is 23.5 Å². The van der Waals surface area contributed by atoms with Crippen LogP contribution in [0.1, 0.15) is 26.0 Å². The van der Waals surface area contributed by atoms with E-state index in [0.29, 0.717) is 0 Å². The molecule has 2 aromatic rings. The summed E-state index contributed by atoms with van der Waals surface area (Å²) in [6.07, 6.45) is 4.89. The van der Waals surface area contributed by atoms with Crippen LogP contribution in [0.5, 0.6) is 0 Å². The van der Waals surface area contributed by atoms with E-state index < -0.39 is 0 Å². The molecule has 2 N–H and O–H groups in total. The van der Waals surface area contributed by atoms with Gasteiger partial charge < -0.3 is 10.4 Å². The first-order valence-corrected chi connectivity index (χ1v) is 6.71. The average molecular weight is 253 g/mol. The summed E-state index contributed by atoms with van der Waals surface area (Å²) in [5.74, 6) is 0. The van der Waals surface area contributed by atoms with Crippen molar-refractivity contribution in [2.45, 2.75) is 26.8 Å². The molecule has 0 aromatic carbocycles. The van der Waals surface area contributed by atoms with Gasteiger partial charge in [0.15, 0.2) is 4.96 Å². The number of hydrogen-bond acceptors (Lipinski definition) is 4. The molecule has 2 aromatic heterocycles. The van der Waals surface area contributed by atoms with Crippen molar-refractivity contribution < 1.29 is 5.11 Å². The largest absolute Gasteiger partial charge is 0.396 e. The summed E-state index contributed by atoms with van der Waals surface area (Å²) in [6.45, 7) is 6.22. The summed E-state index contributed by atoms with van der Waals surface area (Å²) in [5, 5.41) is 14.4. The highest BCUT2D eigenvalue weighted by atomic mass is 32.1. The van der Waals surface area contributed by atoms with Crippen LogP contribution >= 0.6 is 11.3 Å². The van der Waals surface area contributed by atoms with E-state index in [0.717, 1.165) is 30.2 Å². The number of thiazole rings is 1. The van der Waals surface area contributed by atoms with Gasteiger partial charge in [-0.05, 0) is 11.8 Å². The summed E-state index contributed by atoms with van der Waals surface area (Å²) in [7, 11) is 0. The van der Waals surface area contributed by atoms with Crippen molar-refractivity contribution in [1.29, 1.82) is 0 Å². The molecule has 0 fully saturated rings. The Morgan fingerprint density at radius 2 is 2.35 bits per heavy atom. The molecule has 0 bridgehead atoms. The summed E-state index contributed by atoms with van der Waals surface area (Å²) in [4.78, 5) is 5.55. The van der Waals surface area contributed by atoms with E-state index in [4.69, 9.17) is 5.11 Å². The second-order valence-corrected chi connectivity index (χ2v) is 5.94. The molecular weight excluding hydrogens is 234 g/mol. The van der Waals surface area contributed by atoms with Gasteiger partial charge >= 0.3 is 0 Å². The normalized spacial score (nSPS) is 12.4. The maximum Gasteiger partial charge on any atom is 0.193 e. The summed E-state index contributed by atoms with van der Waals surface area (Å²) < 4.78 is 2.04. The van der Waals surface area contributed by atoms with Crippen LogP contribution in [0.3, 0.4) is 0 Å². The van der Waals surface area contributed by atoms with Crippen LogP contribution in [0.25, 0.3) is 4.96 Å². The molecule has 2 rings (SSSR count). The summed E-state index contributed by atoms with van der Waals surface area (Å²) in [5.41, 5.74) is 1.20. The van der Waals surface area contributed by atoms with Crippen molar-refractivity contribution in [1.82, 2.24) is 14.7 Å². The number of nitrogens with one attached hydrogen (secondary N) is 1. The Kier molecular flexibility index (Phi) is 3.81. The Morgan fingerprint density at radius 1 is 1.53 bits per heavy atom. The first-order valence-electron chi connectivity index (χ1n) is 5.83. The molecule has 5 heteroatoms.